The average Bonchev–Trinajstić information content (AvgIpc) is 2.49. The highest BCUT2D eigenvalue weighted by molar-refractivity contribution is 9.10. The first kappa shape index (κ1) is 14.9. The van der Waals surface area contributed by atoms with Crippen LogP contribution in [0.5, 0.6) is 0 Å². The van der Waals surface area contributed by atoms with Crippen LogP contribution in [-0.2, 0) is 4.74 Å². The number of rotatable bonds is 3. The molecule has 21 heavy (non-hydrogen) atoms. The Morgan fingerprint density at radius 3 is 2.62 bits per heavy atom. The molecule has 0 aromatic heterocycles. The van der Waals surface area contributed by atoms with Crippen LogP contribution in [0.25, 0.3) is 0 Å². The van der Waals surface area contributed by atoms with E-state index in [9.17, 15) is 4.79 Å². The Hall–Kier alpha value is -2.52. The number of hydrogen-bond donors (Lipinski definition) is 2. The second kappa shape index (κ2) is 6.29. The van der Waals surface area contributed by atoms with Crippen LogP contribution in [-0.4, -0.2) is 13.1 Å². The number of esters is 1. The van der Waals surface area contributed by atoms with Crippen molar-refractivity contribution in [3.63, 3.8) is 0 Å². The third-order valence-corrected chi connectivity index (χ3v) is 3.34. The molecule has 3 N–H and O–H groups in total. The van der Waals surface area contributed by atoms with Crippen molar-refractivity contribution in [3.8, 4) is 6.07 Å². The van der Waals surface area contributed by atoms with Crippen molar-refractivity contribution in [2.24, 2.45) is 0 Å². The number of hydrogen-bond acceptors (Lipinski definition) is 5. The van der Waals surface area contributed by atoms with Crippen LogP contribution in [0.1, 0.15) is 15.9 Å². The number of methoxy groups -OCH3 is 1. The second-order valence-electron chi connectivity index (χ2n) is 4.22. The van der Waals surface area contributed by atoms with E-state index < -0.39 is 5.97 Å². The van der Waals surface area contributed by atoms with Gasteiger partial charge in [-0.1, -0.05) is 15.9 Å². The van der Waals surface area contributed by atoms with Crippen LogP contribution in [0, 0.1) is 11.3 Å². The highest BCUT2D eigenvalue weighted by atomic mass is 79.9. The Balaban J connectivity index is 2.33. The summed E-state index contributed by atoms with van der Waals surface area (Å²) < 4.78 is 5.45. The Kier molecular flexibility index (Phi) is 4.45. The largest absolute Gasteiger partial charge is 0.465 e. The first-order valence-electron chi connectivity index (χ1n) is 5.99. The van der Waals surface area contributed by atoms with Gasteiger partial charge in [-0.05, 0) is 36.4 Å². The molecule has 2 aromatic carbocycles. The summed E-state index contributed by atoms with van der Waals surface area (Å²) in [5.74, 6) is -0.449. The van der Waals surface area contributed by atoms with Crippen LogP contribution >= 0.6 is 15.9 Å². The molecule has 0 atom stereocenters. The number of carbonyl (C=O) groups excluding carboxylic acids is 1. The number of ether oxygens (including phenoxy) is 1. The molecule has 0 saturated carbocycles. The molecule has 0 amide bonds. The van der Waals surface area contributed by atoms with E-state index in [2.05, 4.69) is 32.1 Å². The van der Waals surface area contributed by atoms with Gasteiger partial charge in [0.2, 0.25) is 0 Å². The first-order valence-corrected chi connectivity index (χ1v) is 6.79. The molecule has 106 valence electrons. The van der Waals surface area contributed by atoms with Gasteiger partial charge in [0.25, 0.3) is 0 Å². The van der Waals surface area contributed by atoms with Gasteiger partial charge in [0.1, 0.15) is 6.07 Å². The van der Waals surface area contributed by atoms with E-state index in [1.807, 2.05) is 6.07 Å². The second-order valence-corrected chi connectivity index (χ2v) is 5.14. The van der Waals surface area contributed by atoms with Crippen LogP contribution in [0.3, 0.4) is 0 Å². The van der Waals surface area contributed by atoms with Crippen molar-refractivity contribution in [1.82, 2.24) is 0 Å². The smallest absolute Gasteiger partial charge is 0.337 e. The summed E-state index contributed by atoms with van der Waals surface area (Å²) in [5.41, 5.74) is 8.42. The average molecular weight is 346 g/mol. The van der Waals surface area contributed by atoms with E-state index in [0.29, 0.717) is 28.2 Å². The maximum absolute atomic E-state index is 11.4. The third-order valence-electron chi connectivity index (χ3n) is 2.84. The minimum Gasteiger partial charge on any atom is -0.465 e. The lowest BCUT2D eigenvalue weighted by Gasteiger charge is -2.12. The number of carbonyl (C=O) groups is 1. The van der Waals surface area contributed by atoms with Gasteiger partial charge < -0.3 is 15.8 Å². The number of anilines is 3. The molecule has 0 aliphatic rings. The van der Waals surface area contributed by atoms with E-state index >= 15 is 0 Å². The fraction of sp³-hybridized carbons (Fsp3) is 0.0667. The molecule has 0 heterocycles. The maximum atomic E-state index is 11.4. The molecule has 0 aliphatic heterocycles. The van der Waals surface area contributed by atoms with Gasteiger partial charge in [-0.3, -0.25) is 0 Å². The fourth-order valence-corrected chi connectivity index (χ4v) is 2.15. The van der Waals surface area contributed by atoms with Gasteiger partial charge in [-0.15, -0.1) is 0 Å². The van der Waals surface area contributed by atoms with Crippen LogP contribution < -0.4 is 11.1 Å². The van der Waals surface area contributed by atoms with E-state index in [4.69, 9.17) is 11.0 Å². The van der Waals surface area contributed by atoms with Crippen molar-refractivity contribution < 1.29 is 9.53 Å². The molecule has 2 aromatic rings. The van der Waals surface area contributed by atoms with Crippen LogP contribution in [0.4, 0.5) is 17.1 Å². The molecule has 5 nitrogen and oxygen atoms in total. The summed E-state index contributed by atoms with van der Waals surface area (Å²) in [6.07, 6.45) is 0. The first-order chi connectivity index (χ1) is 10.0. The van der Waals surface area contributed by atoms with Gasteiger partial charge in [0, 0.05) is 4.47 Å². The highest BCUT2D eigenvalue weighted by Crippen LogP contribution is 2.28. The number of halogens is 1. The van der Waals surface area contributed by atoms with Crippen molar-refractivity contribution in [2.45, 2.75) is 0 Å². The lowest BCUT2D eigenvalue weighted by Crippen LogP contribution is -2.04. The predicted octanol–water partition coefficient (Wildman–Crippen LogP) is 3.43. The minimum absolute atomic E-state index is 0.372. The van der Waals surface area contributed by atoms with Gasteiger partial charge in [0.05, 0.1) is 35.3 Å². The highest BCUT2D eigenvalue weighted by Gasteiger charge is 2.10. The standard InChI is InChI=1S/C15H12BrN3O2/c1-21-15(20)9-2-4-14(12(18)7-9)19-13-5-3-11(16)6-10(13)8-17/h2-7,19H,18H2,1H3. The van der Waals surface area contributed by atoms with Crippen molar-refractivity contribution >= 4 is 39.0 Å². The number of nitrogens with two attached hydrogens (primary N) is 1. The van der Waals surface area contributed by atoms with E-state index in [1.165, 1.54) is 13.2 Å². The zero-order valence-corrected chi connectivity index (χ0v) is 12.8. The number of nitrogen functional groups attached to an aromatic ring is 1. The molecule has 0 spiro atoms. The Bertz CT molecular complexity index is 738. The van der Waals surface area contributed by atoms with E-state index in [-0.39, 0.29) is 0 Å². The lowest BCUT2D eigenvalue weighted by atomic mass is 10.1. The Labute approximate surface area is 130 Å². The van der Waals surface area contributed by atoms with Crippen molar-refractivity contribution in [2.75, 3.05) is 18.2 Å². The summed E-state index contributed by atoms with van der Waals surface area (Å²) in [7, 11) is 1.31. The minimum atomic E-state index is -0.449. The monoisotopic (exact) mass is 345 g/mol. The van der Waals surface area contributed by atoms with Gasteiger partial charge in [-0.25, -0.2) is 4.79 Å². The molecule has 0 radical (unpaired) electrons. The quantitative estimate of drug-likeness (QED) is 0.657. The summed E-state index contributed by atoms with van der Waals surface area (Å²) in [6, 6.07) is 12.2. The zero-order valence-electron chi connectivity index (χ0n) is 11.2. The van der Waals surface area contributed by atoms with Crippen molar-refractivity contribution in [1.29, 1.82) is 5.26 Å². The topological polar surface area (TPSA) is 88.1 Å². The van der Waals surface area contributed by atoms with Gasteiger partial charge in [0.15, 0.2) is 0 Å². The van der Waals surface area contributed by atoms with Gasteiger partial charge in [-0.2, -0.15) is 5.26 Å². The molecule has 6 heteroatoms. The van der Waals surface area contributed by atoms with Crippen LogP contribution in [0.2, 0.25) is 0 Å². The SMILES string of the molecule is COC(=O)c1ccc(Nc2ccc(Br)cc2C#N)c(N)c1. The van der Waals surface area contributed by atoms with Gasteiger partial charge >= 0.3 is 5.97 Å². The molecular formula is C15H12BrN3O2. The molecule has 2 rings (SSSR count). The molecule has 0 bridgehead atoms. The number of nitriles is 1. The van der Waals surface area contributed by atoms with E-state index in [0.717, 1.165) is 4.47 Å². The maximum Gasteiger partial charge on any atom is 0.337 e. The molecule has 0 unspecified atom stereocenters. The molecule has 0 saturated heterocycles. The summed E-state index contributed by atoms with van der Waals surface area (Å²) in [4.78, 5) is 11.4. The summed E-state index contributed by atoms with van der Waals surface area (Å²) >= 11 is 3.32. The molecule has 0 aliphatic carbocycles. The van der Waals surface area contributed by atoms with E-state index in [1.54, 1.807) is 24.3 Å². The normalized spacial score (nSPS) is 9.76. The molecular weight excluding hydrogens is 334 g/mol. The Morgan fingerprint density at radius 2 is 2.00 bits per heavy atom. The summed E-state index contributed by atoms with van der Waals surface area (Å²) in [5, 5.41) is 12.2. The predicted molar refractivity (Wildman–Crippen MR) is 84.3 cm³/mol. The number of nitrogens with one attached hydrogen (secondary N) is 1. The number of nitrogens with zero attached hydrogens (tertiary/aromatic N) is 1. The lowest BCUT2D eigenvalue weighted by molar-refractivity contribution is 0.0601. The van der Waals surface area contributed by atoms with Crippen molar-refractivity contribution in [3.05, 3.63) is 52.0 Å². The summed E-state index contributed by atoms with van der Waals surface area (Å²) in [6.45, 7) is 0. The fourth-order valence-electron chi connectivity index (χ4n) is 1.78. The van der Waals surface area contributed by atoms with Crippen LogP contribution in [0.15, 0.2) is 40.9 Å². The molecule has 0 fully saturated rings. The zero-order chi connectivity index (χ0) is 15.4. The number of benzene rings is 2. The Morgan fingerprint density at radius 1 is 1.29 bits per heavy atom. The third kappa shape index (κ3) is 3.33.